The molecular weight excluding hydrogens is 300 g/mol. The highest BCUT2D eigenvalue weighted by Gasteiger charge is 2.36. The Bertz CT molecular complexity index is 446. The summed E-state index contributed by atoms with van der Waals surface area (Å²) in [5.74, 6) is 0. The SMILES string of the molecule is CCCC[PH2+]c1ccccc1.O=S(=O)([O-])C(F)(F)F. The van der Waals surface area contributed by atoms with Gasteiger partial charge in [-0.2, -0.15) is 13.2 Å². The normalized spacial score (nSPS) is 12.3. The van der Waals surface area contributed by atoms with E-state index >= 15 is 0 Å². The van der Waals surface area contributed by atoms with E-state index < -0.39 is 15.6 Å². The molecule has 1 aromatic carbocycles. The third kappa shape index (κ3) is 8.97. The minimum Gasteiger partial charge on any atom is -0.741 e. The lowest BCUT2D eigenvalue weighted by atomic mass is 10.4. The second-order valence-corrected chi connectivity index (χ2v) is 6.68. The van der Waals surface area contributed by atoms with Crippen LogP contribution in [0, 0.1) is 0 Å². The Labute approximate surface area is 112 Å². The van der Waals surface area contributed by atoms with Gasteiger partial charge in [-0.3, -0.25) is 0 Å². The molecule has 0 N–H and O–H groups in total. The lowest BCUT2D eigenvalue weighted by Gasteiger charge is -2.08. The molecule has 0 heterocycles. The molecule has 0 spiro atoms. The van der Waals surface area contributed by atoms with Crippen molar-refractivity contribution in [3.8, 4) is 0 Å². The van der Waals surface area contributed by atoms with Crippen molar-refractivity contribution in [2.45, 2.75) is 25.3 Å². The molecule has 1 unspecified atom stereocenters. The molecule has 0 aromatic heterocycles. The maximum atomic E-state index is 10.7. The quantitative estimate of drug-likeness (QED) is 0.371. The third-order valence-corrected chi connectivity index (χ3v) is 4.14. The van der Waals surface area contributed by atoms with Gasteiger partial charge < -0.3 is 4.55 Å². The van der Waals surface area contributed by atoms with Crippen molar-refractivity contribution in [1.29, 1.82) is 0 Å². The molecule has 0 saturated carbocycles. The first-order valence-electron chi connectivity index (χ1n) is 5.59. The highest BCUT2D eigenvalue weighted by molar-refractivity contribution is 7.86. The number of rotatable bonds is 4. The fourth-order valence-corrected chi connectivity index (χ4v) is 2.50. The Morgan fingerprint density at radius 1 is 1.21 bits per heavy atom. The van der Waals surface area contributed by atoms with Crippen molar-refractivity contribution in [3.63, 3.8) is 0 Å². The highest BCUT2D eigenvalue weighted by Crippen LogP contribution is 2.20. The summed E-state index contributed by atoms with van der Waals surface area (Å²) < 4.78 is 58.9. The summed E-state index contributed by atoms with van der Waals surface area (Å²) in [5, 5.41) is 1.56. The lowest BCUT2D eigenvalue weighted by molar-refractivity contribution is -0.0517. The Morgan fingerprint density at radius 3 is 2.05 bits per heavy atom. The molecule has 0 aliphatic heterocycles. The summed E-state index contributed by atoms with van der Waals surface area (Å²) in [5.41, 5.74) is -5.65. The topological polar surface area (TPSA) is 57.2 Å². The van der Waals surface area contributed by atoms with Crippen LogP contribution in [0.4, 0.5) is 13.2 Å². The molecule has 0 radical (unpaired) electrons. The number of hydrogen-bond acceptors (Lipinski definition) is 3. The molecule has 0 saturated heterocycles. The molecule has 8 heteroatoms. The summed E-state index contributed by atoms with van der Waals surface area (Å²) in [6.45, 7) is 2.25. The van der Waals surface area contributed by atoms with Gasteiger partial charge in [-0.1, -0.05) is 31.5 Å². The Kier molecular flexibility index (Phi) is 8.22. The molecule has 0 aliphatic rings. The van der Waals surface area contributed by atoms with E-state index in [0.717, 1.165) is 0 Å². The zero-order valence-electron chi connectivity index (χ0n) is 10.4. The van der Waals surface area contributed by atoms with Gasteiger partial charge in [0.15, 0.2) is 10.1 Å². The summed E-state index contributed by atoms with van der Waals surface area (Å²) in [6.07, 6.45) is 4.14. The van der Waals surface area contributed by atoms with Crippen LogP contribution < -0.4 is 5.30 Å². The van der Waals surface area contributed by atoms with Crippen LogP contribution in [0.3, 0.4) is 0 Å². The average molecular weight is 316 g/mol. The molecule has 110 valence electrons. The van der Waals surface area contributed by atoms with Crippen LogP contribution in [-0.4, -0.2) is 24.6 Å². The second-order valence-electron chi connectivity index (χ2n) is 3.66. The van der Waals surface area contributed by atoms with Gasteiger partial charge in [-0.15, -0.1) is 0 Å². The summed E-state index contributed by atoms with van der Waals surface area (Å²) in [7, 11) is -5.55. The maximum absolute atomic E-state index is 10.7. The van der Waals surface area contributed by atoms with Gasteiger partial charge in [-0.25, -0.2) is 8.42 Å². The van der Waals surface area contributed by atoms with Crippen molar-refractivity contribution in [2.24, 2.45) is 0 Å². The molecule has 1 aromatic rings. The smallest absolute Gasteiger partial charge is 0.485 e. The van der Waals surface area contributed by atoms with Gasteiger partial charge in [-0.05, 0) is 18.6 Å². The van der Waals surface area contributed by atoms with Crippen molar-refractivity contribution in [1.82, 2.24) is 0 Å². The number of alkyl halides is 3. The molecule has 1 atom stereocenters. The Morgan fingerprint density at radius 2 is 1.68 bits per heavy atom. The molecular formula is C11H16F3O3PS. The predicted molar refractivity (Wildman–Crippen MR) is 71.3 cm³/mol. The van der Waals surface area contributed by atoms with Crippen LogP contribution in [0.5, 0.6) is 0 Å². The van der Waals surface area contributed by atoms with E-state index in [1.54, 1.807) is 5.30 Å². The summed E-state index contributed by atoms with van der Waals surface area (Å²) >= 11 is 0. The summed E-state index contributed by atoms with van der Waals surface area (Å²) in [4.78, 5) is 0. The molecule has 0 fully saturated rings. The van der Waals surface area contributed by atoms with E-state index in [1.807, 2.05) is 0 Å². The van der Waals surface area contributed by atoms with Crippen LogP contribution in [0.2, 0.25) is 0 Å². The van der Waals surface area contributed by atoms with Crippen LogP contribution in [-0.2, 0) is 10.1 Å². The average Bonchev–Trinajstić information content (AvgIpc) is 2.29. The van der Waals surface area contributed by atoms with Crippen LogP contribution in [0.25, 0.3) is 0 Å². The van der Waals surface area contributed by atoms with Gasteiger partial charge in [0.25, 0.3) is 0 Å². The zero-order valence-corrected chi connectivity index (χ0v) is 12.3. The van der Waals surface area contributed by atoms with Crippen molar-refractivity contribution >= 4 is 24.0 Å². The van der Waals surface area contributed by atoms with E-state index in [1.165, 1.54) is 19.0 Å². The maximum Gasteiger partial charge on any atom is 0.485 e. The van der Waals surface area contributed by atoms with Gasteiger partial charge in [0.1, 0.15) is 0 Å². The first-order valence-corrected chi connectivity index (χ1v) is 8.39. The van der Waals surface area contributed by atoms with Gasteiger partial charge in [0.05, 0.1) is 11.5 Å². The van der Waals surface area contributed by atoms with Crippen molar-refractivity contribution in [2.75, 3.05) is 6.16 Å². The standard InChI is InChI=1S/C10H15P.CHF3O3S/c1-2-3-9-11-10-7-5-4-6-8-10;2-1(3,4)8(5,6)7/h4-8,11H,2-3,9H2,1H3;(H,5,6,7). The highest BCUT2D eigenvalue weighted by atomic mass is 32.2. The summed E-state index contributed by atoms with van der Waals surface area (Å²) in [6, 6.07) is 10.8. The Balaban J connectivity index is 0.000000362. The second kappa shape index (κ2) is 8.51. The van der Waals surface area contributed by atoms with E-state index in [2.05, 4.69) is 37.3 Å². The number of benzene rings is 1. The van der Waals surface area contributed by atoms with Gasteiger partial charge >= 0.3 is 5.51 Å². The molecule has 0 aliphatic carbocycles. The number of unbranched alkanes of at least 4 members (excludes halogenated alkanes) is 1. The number of halogens is 3. The first kappa shape index (κ1) is 18.4. The van der Waals surface area contributed by atoms with Crippen molar-refractivity contribution < 1.29 is 26.1 Å². The molecule has 1 rings (SSSR count). The monoisotopic (exact) mass is 316 g/mol. The van der Waals surface area contributed by atoms with E-state index in [0.29, 0.717) is 8.58 Å². The van der Waals surface area contributed by atoms with Gasteiger partial charge in [0, 0.05) is 8.58 Å². The molecule has 0 amide bonds. The Hall–Kier alpha value is -0.650. The van der Waals surface area contributed by atoms with Crippen LogP contribution >= 0.6 is 8.58 Å². The van der Waals surface area contributed by atoms with Crippen LogP contribution in [0.1, 0.15) is 19.8 Å². The molecule has 3 nitrogen and oxygen atoms in total. The molecule has 0 bridgehead atoms. The number of hydrogen-bond donors (Lipinski definition) is 0. The largest absolute Gasteiger partial charge is 0.741 e. The predicted octanol–water partition coefficient (Wildman–Crippen LogP) is 2.57. The van der Waals surface area contributed by atoms with E-state index in [4.69, 9.17) is 13.0 Å². The lowest BCUT2D eigenvalue weighted by Crippen LogP contribution is -2.21. The zero-order chi connectivity index (χ0) is 14.9. The van der Waals surface area contributed by atoms with E-state index in [-0.39, 0.29) is 0 Å². The third-order valence-electron chi connectivity index (χ3n) is 2.02. The fourth-order valence-electron chi connectivity index (χ4n) is 1.06. The van der Waals surface area contributed by atoms with Gasteiger partial charge in [0.2, 0.25) is 0 Å². The first-order chi connectivity index (χ1) is 8.68. The fraction of sp³-hybridized carbons (Fsp3) is 0.455. The molecule has 19 heavy (non-hydrogen) atoms. The van der Waals surface area contributed by atoms with E-state index in [9.17, 15) is 13.2 Å². The minimum atomic E-state index is -6.09. The minimum absolute atomic E-state index is 0.544. The van der Waals surface area contributed by atoms with Crippen molar-refractivity contribution in [3.05, 3.63) is 30.3 Å². The van der Waals surface area contributed by atoms with Crippen LogP contribution in [0.15, 0.2) is 30.3 Å².